The summed E-state index contributed by atoms with van der Waals surface area (Å²) in [6.45, 7) is 1.63. The monoisotopic (exact) mass is 706 g/mol. The molecule has 0 radical (unpaired) electrons. The summed E-state index contributed by atoms with van der Waals surface area (Å²) in [5.74, 6) is 2.95. The van der Waals surface area contributed by atoms with Crippen molar-refractivity contribution in [1.82, 2.24) is 9.97 Å². The molecule has 4 aromatic rings. The predicted octanol–water partition coefficient (Wildman–Crippen LogP) is 4.43. The minimum atomic E-state index is -3.67. The van der Waals surface area contributed by atoms with Crippen molar-refractivity contribution in [3.8, 4) is 45.5 Å². The van der Waals surface area contributed by atoms with Gasteiger partial charge in [0.15, 0.2) is 0 Å². The molecule has 0 unspecified atom stereocenters. The first kappa shape index (κ1) is 39.5. The van der Waals surface area contributed by atoms with Crippen molar-refractivity contribution in [2.24, 2.45) is 0 Å². The van der Waals surface area contributed by atoms with Gasteiger partial charge in [0.05, 0.1) is 76.1 Å². The molecule has 2 N–H and O–H groups in total. The van der Waals surface area contributed by atoms with Crippen molar-refractivity contribution in [3.63, 3.8) is 0 Å². The second-order valence-corrected chi connectivity index (χ2v) is 13.2. The summed E-state index contributed by atoms with van der Waals surface area (Å²) in [5.41, 5.74) is 5.61. The first-order valence-electron chi connectivity index (χ1n) is 14.1. The highest BCUT2D eigenvalue weighted by Gasteiger charge is 2.12. The van der Waals surface area contributed by atoms with Crippen LogP contribution in [0.2, 0.25) is 0 Å². The van der Waals surface area contributed by atoms with Crippen molar-refractivity contribution in [3.05, 3.63) is 73.1 Å². The van der Waals surface area contributed by atoms with Gasteiger partial charge in [-0.25, -0.2) is 0 Å². The van der Waals surface area contributed by atoms with Gasteiger partial charge in [-0.2, -0.15) is 16.8 Å². The molecule has 2 aromatic carbocycles. The molecule has 262 valence electrons. The highest BCUT2D eigenvalue weighted by atomic mass is 32.2. The van der Waals surface area contributed by atoms with Crippen molar-refractivity contribution >= 4 is 31.6 Å². The van der Waals surface area contributed by atoms with E-state index in [1.165, 1.54) is 0 Å². The van der Waals surface area contributed by atoms with E-state index < -0.39 is 20.2 Å². The van der Waals surface area contributed by atoms with Gasteiger partial charge in [-0.05, 0) is 48.5 Å². The van der Waals surface area contributed by atoms with Crippen LogP contribution in [0, 0.1) is 0 Å². The third kappa shape index (κ3) is 13.6. The number of likely N-dealkylation sites (N-methyl/N-ethyl adjacent to an activating group) is 2. The van der Waals surface area contributed by atoms with E-state index in [4.69, 9.17) is 28.1 Å². The molecule has 0 aliphatic carbocycles. The SMILES string of the molecule is COc1ccc(-c2ccc(N(C)CCN(C)c3ccc(-c4ccc(OC)cc4OC)nc3)cn2)c(OC)c1.CS(=O)(=O)O.CS(=O)(=O)O. The van der Waals surface area contributed by atoms with Crippen LogP contribution in [0.25, 0.3) is 22.5 Å². The number of methoxy groups -OCH3 is 4. The number of rotatable bonds is 11. The molecule has 0 spiro atoms. The first-order chi connectivity index (χ1) is 22.5. The molecule has 0 amide bonds. The van der Waals surface area contributed by atoms with Gasteiger partial charge in [-0.1, -0.05) is 0 Å². The molecule has 48 heavy (non-hydrogen) atoms. The fourth-order valence-electron chi connectivity index (χ4n) is 4.12. The number of pyridine rings is 2. The summed E-state index contributed by atoms with van der Waals surface area (Å²) >= 11 is 0. The first-order valence-corrected chi connectivity index (χ1v) is 17.8. The maximum atomic E-state index is 9.19. The number of anilines is 2. The van der Waals surface area contributed by atoms with Crippen LogP contribution in [0.5, 0.6) is 23.0 Å². The Morgan fingerprint density at radius 2 is 0.917 bits per heavy atom. The quantitative estimate of drug-likeness (QED) is 0.209. The van der Waals surface area contributed by atoms with E-state index in [-0.39, 0.29) is 0 Å². The molecule has 0 saturated carbocycles. The molecule has 0 atom stereocenters. The largest absolute Gasteiger partial charge is 0.497 e. The Morgan fingerprint density at radius 3 is 1.17 bits per heavy atom. The van der Waals surface area contributed by atoms with Crippen LogP contribution >= 0.6 is 0 Å². The maximum absolute atomic E-state index is 9.19. The van der Waals surface area contributed by atoms with Gasteiger partial charge in [0.25, 0.3) is 20.2 Å². The Kier molecular flexibility index (Phi) is 14.9. The molecule has 0 aliphatic heterocycles. The zero-order chi connectivity index (χ0) is 36.1. The van der Waals surface area contributed by atoms with Crippen LogP contribution < -0.4 is 28.7 Å². The van der Waals surface area contributed by atoms with Gasteiger partial charge in [0.1, 0.15) is 23.0 Å². The van der Waals surface area contributed by atoms with Crippen molar-refractivity contribution in [2.45, 2.75) is 0 Å². The lowest BCUT2D eigenvalue weighted by Gasteiger charge is -2.25. The second-order valence-electron chi connectivity index (χ2n) is 10.2. The minimum absolute atomic E-state index is 0.715. The summed E-state index contributed by atoms with van der Waals surface area (Å²) in [6, 6.07) is 19.6. The minimum Gasteiger partial charge on any atom is -0.497 e. The number of ether oxygens (including phenoxy) is 4. The zero-order valence-corrected chi connectivity index (χ0v) is 29.7. The van der Waals surface area contributed by atoms with Crippen LogP contribution in [0.3, 0.4) is 0 Å². The summed E-state index contributed by atoms with van der Waals surface area (Å²) in [6.07, 6.45) is 5.20. The molecule has 16 heteroatoms. The van der Waals surface area contributed by atoms with Crippen molar-refractivity contribution in [2.75, 3.05) is 77.9 Å². The third-order valence-corrected chi connectivity index (χ3v) is 6.52. The molecule has 0 fully saturated rings. The smallest absolute Gasteiger partial charge is 0.261 e. The lowest BCUT2D eigenvalue weighted by molar-refractivity contribution is 0.395. The average molecular weight is 707 g/mol. The lowest BCUT2D eigenvalue weighted by atomic mass is 10.1. The van der Waals surface area contributed by atoms with Crippen molar-refractivity contribution < 1.29 is 44.9 Å². The molecule has 0 bridgehead atoms. The number of benzene rings is 2. The number of nitrogens with zero attached hydrogens (tertiary/aromatic N) is 4. The van der Waals surface area contributed by atoms with Gasteiger partial charge in [-0.3, -0.25) is 19.1 Å². The molecule has 2 heterocycles. The van der Waals surface area contributed by atoms with Crippen molar-refractivity contribution in [1.29, 1.82) is 0 Å². The molecule has 14 nitrogen and oxygen atoms in total. The Balaban J connectivity index is 0.000000700. The molecule has 0 aliphatic rings. The Morgan fingerprint density at radius 1 is 0.583 bits per heavy atom. The molecular formula is C32H42N4O10S2. The number of hydrogen-bond donors (Lipinski definition) is 2. The number of hydrogen-bond acceptors (Lipinski definition) is 12. The van der Waals surface area contributed by atoms with E-state index in [1.54, 1.807) is 28.4 Å². The van der Waals surface area contributed by atoms with E-state index in [0.717, 1.165) is 70.0 Å². The highest BCUT2D eigenvalue weighted by Crippen LogP contribution is 2.34. The van der Waals surface area contributed by atoms with E-state index in [0.29, 0.717) is 12.5 Å². The zero-order valence-electron chi connectivity index (χ0n) is 28.1. The van der Waals surface area contributed by atoms with Gasteiger partial charge < -0.3 is 28.7 Å². The topological polar surface area (TPSA) is 178 Å². The predicted molar refractivity (Wildman–Crippen MR) is 187 cm³/mol. The molecular weight excluding hydrogens is 665 g/mol. The summed E-state index contributed by atoms with van der Waals surface area (Å²) in [4.78, 5) is 13.7. The van der Waals surface area contributed by atoms with Gasteiger partial charge in [0, 0.05) is 50.4 Å². The van der Waals surface area contributed by atoms with Gasteiger partial charge in [0.2, 0.25) is 0 Å². The fraction of sp³-hybridized carbons (Fsp3) is 0.312. The second kappa shape index (κ2) is 18.1. The van der Waals surface area contributed by atoms with Crippen LogP contribution in [0.15, 0.2) is 73.1 Å². The summed E-state index contributed by atoms with van der Waals surface area (Å²) in [5, 5.41) is 0. The normalized spacial score (nSPS) is 10.8. The van der Waals surface area contributed by atoms with E-state index in [2.05, 4.69) is 46.0 Å². The Labute approximate surface area is 282 Å². The molecule has 0 saturated heterocycles. The van der Waals surface area contributed by atoms with Gasteiger partial charge in [-0.15, -0.1) is 0 Å². The number of aromatic nitrogens is 2. The van der Waals surface area contributed by atoms with E-state index in [1.807, 2.05) is 60.9 Å². The van der Waals surface area contributed by atoms with Crippen LogP contribution in [-0.4, -0.2) is 104 Å². The standard InChI is InChI=1S/C30H34N4O4.2CH4O3S/c1-33(21-7-13-27(31-19-21)25-11-9-23(35-3)17-29(25)37-5)15-16-34(2)22-8-14-28(32-20-22)26-12-10-24(36-4)18-30(26)38-6;2*1-5(2,3)4/h7-14,17-20H,15-16H2,1-6H3;2*1H3,(H,2,3,4). The fourth-order valence-corrected chi connectivity index (χ4v) is 4.12. The maximum Gasteiger partial charge on any atom is 0.261 e. The van der Waals surface area contributed by atoms with E-state index in [9.17, 15) is 16.8 Å². The average Bonchev–Trinajstić information content (AvgIpc) is 3.05. The highest BCUT2D eigenvalue weighted by molar-refractivity contribution is 7.85. The van der Waals surface area contributed by atoms with Crippen LogP contribution in [0.4, 0.5) is 11.4 Å². The summed E-state index contributed by atoms with van der Waals surface area (Å²) < 4.78 is 73.4. The molecule has 4 rings (SSSR count). The Bertz CT molecular complexity index is 1670. The molecule has 2 aromatic heterocycles. The Hall–Kier alpha value is -4.64. The van der Waals surface area contributed by atoms with E-state index >= 15 is 0 Å². The van der Waals surface area contributed by atoms with Crippen LogP contribution in [0.1, 0.15) is 0 Å². The third-order valence-electron chi connectivity index (χ3n) is 6.52. The van der Waals surface area contributed by atoms with Gasteiger partial charge >= 0.3 is 0 Å². The van der Waals surface area contributed by atoms with Crippen LogP contribution in [-0.2, 0) is 20.2 Å². The lowest BCUT2D eigenvalue weighted by Crippen LogP contribution is -2.30. The summed E-state index contributed by atoms with van der Waals surface area (Å²) in [7, 11) is 3.37.